The van der Waals surface area contributed by atoms with Gasteiger partial charge in [0.2, 0.25) is 0 Å². The van der Waals surface area contributed by atoms with Gasteiger partial charge in [-0.2, -0.15) is 0 Å². The Bertz CT molecular complexity index is 1680. The topological polar surface area (TPSA) is 106 Å². The summed E-state index contributed by atoms with van der Waals surface area (Å²) in [6.07, 6.45) is 3.39. The minimum absolute atomic E-state index is 0.00334. The molecule has 0 atom stereocenters. The van der Waals surface area contributed by atoms with E-state index in [0.717, 1.165) is 22.2 Å². The van der Waals surface area contributed by atoms with E-state index in [1.165, 1.54) is 12.1 Å². The lowest BCUT2D eigenvalue weighted by molar-refractivity contribution is 0.0950. The fourth-order valence-electron chi connectivity index (χ4n) is 3.92. The second-order valence-electron chi connectivity index (χ2n) is 8.27. The molecule has 9 heteroatoms. The molecule has 36 heavy (non-hydrogen) atoms. The molecule has 3 aromatic carbocycles. The van der Waals surface area contributed by atoms with Gasteiger partial charge in [0.05, 0.1) is 15.9 Å². The van der Waals surface area contributed by atoms with Crippen LogP contribution in [0.4, 0.5) is 5.69 Å². The fraction of sp³-hybridized carbons (Fsp3) is 0.0741. The van der Waals surface area contributed by atoms with E-state index in [1.54, 1.807) is 48.9 Å². The van der Waals surface area contributed by atoms with Crippen molar-refractivity contribution >= 4 is 32.7 Å². The van der Waals surface area contributed by atoms with Crippen LogP contribution >= 0.6 is 0 Å². The van der Waals surface area contributed by atoms with Crippen LogP contribution in [0.5, 0.6) is 0 Å². The van der Waals surface area contributed by atoms with Gasteiger partial charge in [-0.05, 0) is 61.0 Å². The number of aryl methyl sites for hydroxylation is 1. The van der Waals surface area contributed by atoms with E-state index >= 15 is 0 Å². The van der Waals surface area contributed by atoms with Gasteiger partial charge in [0, 0.05) is 29.6 Å². The van der Waals surface area contributed by atoms with Crippen molar-refractivity contribution in [2.45, 2.75) is 18.4 Å². The van der Waals surface area contributed by atoms with Gasteiger partial charge in [-0.15, -0.1) is 0 Å². The number of aromatic nitrogens is 3. The Morgan fingerprint density at radius 2 is 1.75 bits per heavy atom. The van der Waals surface area contributed by atoms with Crippen molar-refractivity contribution in [2.75, 3.05) is 4.72 Å². The van der Waals surface area contributed by atoms with E-state index in [4.69, 9.17) is 0 Å². The van der Waals surface area contributed by atoms with Gasteiger partial charge in [-0.3, -0.25) is 14.1 Å². The Balaban J connectivity index is 1.35. The molecular formula is C27H23N5O3S. The van der Waals surface area contributed by atoms with Gasteiger partial charge in [0.25, 0.3) is 15.9 Å². The number of hydrogen-bond donors (Lipinski definition) is 2. The highest BCUT2D eigenvalue weighted by atomic mass is 32.2. The minimum atomic E-state index is -3.86. The van der Waals surface area contributed by atoms with E-state index < -0.39 is 15.9 Å². The van der Waals surface area contributed by atoms with Crippen LogP contribution in [0, 0.1) is 6.92 Å². The zero-order valence-electron chi connectivity index (χ0n) is 19.4. The summed E-state index contributed by atoms with van der Waals surface area (Å²) in [7, 11) is -3.86. The third-order valence-corrected chi connectivity index (χ3v) is 7.04. The maximum atomic E-state index is 12.9. The van der Waals surface area contributed by atoms with Crippen LogP contribution < -0.4 is 10.0 Å². The number of fused-ring (bicyclic) bond motifs is 1. The lowest BCUT2D eigenvalue weighted by atomic mass is 10.2. The molecule has 0 aliphatic rings. The molecule has 8 nitrogen and oxygen atoms in total. The molecule has 0 unspecified atom stereocenters. The molecule has 0 aliphatic heterocycles. The Kier molecular flexibility index (Phi) is 6.22. The first kappa shape index (κ1) is 23.3. The molecule has 0 spiro atoms. The molecule has 5 aromatic rings. The number of nitrogens with one attached hydrogen (secondary N) is 2. The second-order valence-corrected chi connectivity index (χ2v) is 9.96. The minimum Gasteiger partial charge on any atom is -0.348 e. The van der Waals surface area contributed by atoms with E-state index in [-0.39, 0.29) is 17.0 Å². The smallest absolute Gasteiger partial charge is 0.261 e. The summed E-state index contributed by atoms with van der Waals surface area (Å²) >= 11 is 0. The summed E-state index contributed by atoms with van der Waals surface area (Å²) in [5.74, 6) is 0.262. The SMILES string of the molecule is Cc1cccc(NS(=O)(=O)c2cccc(C(=O)NCc3cccnc3-n3cnc4ccccc43)c2)c1. The highest BCUT2D eigenvalue weighted by molar-refractivity contribution is 7.92. The Morgan fingerprint density at radius 1 is 0.917 bits per heavy atom. The van der Waals surface area contributed by atoms with Gasteiger partial charge in [0.1, 0.15) is 12.1 Å². The number of para-hydroxylation sites is 2. The van der Waals surface area contributed by atoms with E-state index in [9.17, 15) is 13.2 Å². The number of pyridine rings is 1. The number of hydrogen-bond acceptors (Lipinski definition) is 5. The molecule has 0 bridgehead atoms. The van der Waals surface area contributed by atoms with Crippen molar-refractivity contribution in [3.8, 4) is 5.82 Å². The maximum Gasteiger partial charge on any atom is 0.261 e. The summed E-state index contributed by atoms with van der Waals surface area (Å²) < 4.78 is 30.2. The van der Waals surface area contributed by atoms with Crippen molar-refractivity contribution in [1.82, 2.24) is 19.9 Å². The highest BCUT2D eigenvalue weighted by Crippen LogP contribution is 2.20. The van der Waals surface area contributed by atoms with Crippen LogP contribution in [0.1, 0.15) is 21.5 Å². The predicted octanol–water partition coefficient (Wildman–Crippen LogP) is 4.46. The molecule has 180 valence electrons. The number of nitrogens with zero attached hydrogens (tertiary/aromatic N) is 3. The number of sulfonamides is 1. The van der Waals surface area contributed by atoms with Crippen molar-refractivity contribution in [1.29, 1.82) is 0 Å². The van der Waals surface area contributed by atoms with Crippen molar-refractivity contribution in [3.63, 3.8) is 0 Å². The molecule has 0 saturated carbocycles. The average Bonchev–Trinajstić information content (AvgIpc) is 3.31. The normalized spacial score (nSPS) is 11.4. The van der Waals surface area contributed by atoms with Gasteiger partial charge < -0.3 is 5.32 Å². The van der Waals surface area contributed by atoms with Crippen LogP contribution in [-0.4, -0.2) is 28.9 Å². The highest BCUT2D eigenvalue weighted by Gasteiger charge is 2.17. The van der Waals surface area contributed by atoms with Crippen LogP contribution in [0.2, 0.25) is 0 Å². The van der Waals surface area contributed by atoms with Crippen LogP contribution in [0.15, 0.2) is 102 Å². The Hall–Kier alpha value is -4.50. The Morgan fingerprint density at radius 3 is 2.61 bits per heavy atom. The average molecular weight is 498 g/mol. The molecule has 0 aliphatic carbocycles. The third kappa shape index (κ3) is 4.82. The van der Waals surface area contributed by atoms with Crippen molar-refractivity contribution in [2.24, 2.45) is 0 Å². The largest absolute Gasteiger partial charge is 0.348 e. The van der Waals surface area contributed by atoms with E-state index in [1.807, 2.05) is 47.9 Å². The monoisotopic (exact) mass is 497 g/mol. The Labute approximate surface area is 208 Å². The summed E-state index contributed by atoms with van der Waals surface area (Å²) in [5, 5.41) is 2.87. The standard InChI is InChI=1S/C27H23N5O3S/c1-19-7-4-10-22(15-19)31-36(34,35)23-11-5-8-20(16-23)27(33)29-17-21-9-6-14-28-26(21)32-18-30-24-12-2-3-13-25(24)32/h2-16,18,31H,17H2,1H3,(H,29,33). The lowest BCUT2D eigenvalue weighted by Gasteiger charge is -2.12. The number of imidazole rings is 1. The van der Waals surface area contributed by atoms with Gasteiger partial charge in [-0.25, -0.2) is 18.4 Å². The molecular weight excluding hydrogens is 474 g/mol. The van der Waals surface area contributed by atoms with E-state index in [2.05, 4.69) is 20.0 Å². The van der Waals surface area contributed by atoms with Gasteiger partial charge >= 0.3 is 0 Å². The zero-order chi connectivity index (χ0) is 25.1. The fourth-order valence-corrected chi connectivity index (χ4v) is 5.01. The number of carbonyl (C=O) groups excluding carboxylic acids is 1. The molecule has 2 heterocycles. The summed E-state index contributed by atoms with van der Waals surface area (Å²) in [5.41, 5.74) is 4.17. The summed E-state index contributed by atoms with van der Waals surface area (Å²) in [4.78, 5) is 21.9. The molecule has 2 N–H and O–H groups in total. The van der Waals surface area contributed by atoms with Crippen LogP contribution in [0.25, 0.3) is 16.9 Å². The van der Waals surface area contributed by atoms with Crippen LogP contribution in [-0.2, 0) is 16.6 Å². The second kappa shape index (κ2) is 9.63. The quantitative estimate of drug-likeness (QED) is 0.345. The third-order valence-electron chi connectivity index (χ3n) is 5.67. The first-order valence-electron chi connectivity index (χ1n) is 11.2. The molecule has 0 saturated heterocycles. The predicted molar refractivity (Wildman–Crippen MR) is 138 cm³/mol. The first-order chi connectivity index (χ1) is 17.4. The molecule has 0 fully saturated rings. The zero-order valence-corrected chi connectivity index (χ0v) is 20.2. The van der Waals surface area contributed by atoms with Crippen molar-refractivity contribution < 1.29 is 13.2 Å². The molecule has 5 rings (SSSR count). The number of rotatable bonds is 7. The molecule has 0 radical (unpaired) electrons. The maximum absolute atomic E-state index is 12.9. The number of anilines is 1. The van der Waals surface area contributed by atoms with Crippen LogP contribution in [0.3, 0.4) is 0 Å². The van der Waals surface area contributed by atoms with Gasteiger partial charge in [-0.1, -0.05) is 36.4 Å². The summed E-state index contributed by atoms with van der Waals surface area (Å²) in [6.45, 7) is 2.08. The number of amides is 1. The lowest BCUT2D eigenvalue weighted by Crippen LogP contribution is -2.24. The van der Waals surface area contributed by atoms with Crippen molar-refractivity contribution in [3.05, 3.63) is 114 Å². The molecule has 1 amide bonds. The van der Waals surface area contributed by atoms with E-state index in [0.29, 0.717) is 11.5 Å². The number of benzene rings is 3. The first-order valence-corrected chi connectivity index (χ1v) is 12.7. The molecule has 2 aromatic heterocycles. The van der Waals surface area contributed by atoms with Gasteiger partial charge in [0.15, 0.2) is 0 Å². The summed E-state index contributed by atoms with van der Waals surface area (Å²) in [6, 6.07) is 24.4. The number of carbonyl (C=O) groups is 1.